The molecule has 1 fully saturated rings. The highest BCUT2D eigenvalue weighted by molar-refractivity contribution is 14.1. The maximum atomic E-state index is 12.5. The van der Waals surface area contributed by atoms with Crippen LogP contribution in [0.2, 0.25) is 5.02 Å². The lowest BCUT2D eigenvalue weighted by molar-refractivity contribution is -0.113. The smallest absolute Gasteiger partial charge is 0.286 e. The second kappa shape index (κ2) is 9.17. The fraction of sp³-hybridized carbons (Fsp3) is 0.261. The molecular weight excluding hydrogens is 557 g/mol. The largest absolute Gasteiger partial charge is 0.348 e. The zero-order valence-electron chi connectivity index (χ0n) is 17.5. The van der Waals surface area contributed by atoms with E-state index >= 15 is 0 Å². The summed E-state index contributed by atoms with van der Waals surface area (Å²) in [6.07, 6.45) is 3.80. The van der Waals surface area contributed by atoms with Crippen LogP contribution in [0.25, 0.3) is 17.0 Å². The van der Waals surface area contributed by atoms with Gasteiger partial charge in [-0.3, -0.25) is 9.48 Å². The molecule has 0 spiro atoms. The van der Waals surface area contributed by atoms with Gasteiger partial charge in [0.25, 0.3) is 5.91 Å². The molecule has 0 bridgehead atoms. The molecule has 0 aliphatic carbocycles. The van der Waals surface area contributed by atoms with E-state index in [-0.39, 0.29) is 5.91 Å². The van der Waals surface area contributed by atoms with Crippen molar-refractivity contribution in [3.05, 3.63) is 67.2 Å². The molecule has 1 amide bonds. The van der Waals surface area contributed by atoms with Crippen molar-refractivity contribution in [2.45, 2.75) is 6.54 Å². The van der Waals surface area contributed by atoms with Gasteiger partial charge < -0.3 is 9.80 Å². The number of carbonyl (C=O) groups excluding carboxylic acids is 1. The van der Waals surface area contributed by atoms with Gasteiger partial charge >= 0.3 is 0 Å². The van der Waals surface area contributed by atoms with Crippen LogP contribution in [0.3, 0.4) is 0 Å². The topological polar surface area (TPSA) is 53.7 Å². The maximum absolute atomic E-state index is 12.5. The summed E-state index contributed by atoms with van der Waals surface area (Å²) in [5, 5.41) is 7.17. The Labute approximate surface area is 209 Å². The maximum Gasteiger partial charge on any atom is 0.286 e. The van der Waals surface area contributed by atoms with Crippen molar-refractivity contribution in [3.63, 3.8) is 0 Å². The SMILES string of the molecule is CN1CCN(C2=NC(=O)/C(=C/c3ccc4c(cnn4Cc4ccc(Cl)cc4I)c3)S2)CC1. The van der Waals surface area contributed by atoms with Gasteiger partial charge in [-0.1, -0.05) is 23.7 Å². The van der Waals surface area contributed by atoms with Crippen LogP contribution in [-0.4, -0.2) is 63.9 Å². The Balaban J connectivity index is 1.34. The first-order chi connectivity index (χ1) is 15.5. The third-order valence-corrected chi connectivity index (χ3v) is 7.97. The summed E-state index contributed by atoms with van der Waals surface area (Å²) in [6.45, 7) is 4.46. The number of hydrogen-bond acceptors (Lipinski definition) is 5. The lowest BCUT2D eigenvalue weighted by atomic mass is 10.1. The molecule has 2 aliphatic rings. The van der Waals surface area contributed by atoms with E-state index in [4.69, 9.17) is 11.6 Å². The summed E-state index contributed by atoms with van der Waals surface area (Å²) in [6, 6.07) is 12.1. The van der Waals surface area contributed by atoms with Crippen LogP contribution in [0.1, 0.15) is 11.1 Å². The second-order valence-electron chi connectivity index (χ2n) is 7.96. The Hall–Kier alpha value is -1.88. The minimum absolute atomic E-state index is 0.156. The number of aromatic nitrogens is 2. The number of hydrogen-bond donors (Lipinski definition) is 0. The van der Waals surface area contributed by atoms with E-state index in [1.54, 1.807) is 0 Å². The van der Waals surface area contributed by atoms with Gasteiger partial charge in [0, 0.05) is 40.2 Å². The van der Waals surface area contributed by atoms with Gasteiger partial charge in [0.2, 0.25) is 0 Å². The summed E-state index contributed by atoms with van der Waals surface area (Å²) in [4.78, 5) is 21.9. The number of aliphatic imine (C=N–C) groups is 1. The third-order valence-electron chi connectivity index (χ3n) is 5.68. The van der Waals surface area contributed by atoms with Gasteiger partial charge in [-0.2, -0.15) is 10.1 Å². The Kier molecular flexibility index (Phi) is 6.28. The molecule has 164 valence electrons. The Bertz CT molecular complexity index is 1260. The average molecular weight is 578 g/mol. The predicted octanol–water partition coefficient (Wildman–Crippen LogP) is 4.56. The zero-order chi connectivity index (χ0) is 22.2. The fourth-order valence-electron chi connectivity index (χ4n) is 3.81. The molecule has 0 atom stereocenters. The molecule has 0 unspecified atom stereocenters. The highest BCUT2D eigenvalue weighted by atomic mass is 127. The van der Waals surface area contributed by atoms with Crippen molar-refractivity contribution in [2.75, 3.05) is 33.2 Å². The fourth-order valence-corrected chi connectivity index (χ4v) is 5.82. The molecule has 0 radical (unpaired) electrons. The number of carbonyl (C=O) groups is 1. The van der Waals surface area contributed by atoms with Gasteiger partial charge in [0.15, 0.2) is 5.17 Å². The van der Waals surface area contributed by atoms with E-state index in [9.17, 15) is 4.79 Å². The van der Waals surface area contributed by atoms with Crippen LogP contribution < -0.4 is 0 Å². The highest BCUT2D eigenvalue weighted by Gasteiger charge is 2.27. The summed E-state index contributed by atoms with van der Waals surface area (Å²) >= 11 is 9.86. The number of rotatable bonds is 3. The standard InChI is InChI=1S/C23H21ClIN5OS/c1-28-6-8-29(9-7-28)23-27-22(31)21(32-23)11-15-2-5-20-17(10-15)13-26-30(20)14-16-3-4-18(24)12-19(16)25/h2-5,10-13H,6-9,14H2,1H3/b21-11-. The number of likely N-dealkylation sites (N-methyl/N-ethyl adjacent to an activating group) is 1. The van der Waals surface area contributed by atoms with Gasteiger partial charge in [0.05, 0.1) is 23.2 Å². The zero-order valence-corrected chi connectivity index (χ0v) is 21.2. The van der Waals surface area contributed by atoms with E-state index in [0.29, 0.717) is 11.4 Å². The number of nitrogens with zero attached hydrogens (tertiary/aromatic N) is 5. The molecule has 3 heterocycles. The van der Waals surface area contributed by atoms with E-state index in [1.165, 1.54) is 17.3 Å². The molecule has 6 nitrogen and oxygen atoms in total. The van der Waals surface area contributed by atoms with Gasteiger partial charge in [-0.05, 0) is 82.9 Å². The first-order valence-electron chi connectivity index (χ1n) is 10.3. The number of thioether (sulfide) groups is 1. The molecular formula is C23H21ClIN5OS. The van der Waals surface area contributed by atoms with Gasteiger partial charge in [-0.25, -0.2) is 0 Å². The van der Waals surface area contributed by atoms with Crippen LogP contribution in [0.4, 0.5) is 0 Å². The molecule has 1 aromatic heterocycles. The number of benzene rings is 2. The monoisotopic (exact) mass is 577 g/mol. The van der Waals surface area contributed by atoms with Crippen LogP contribution in [0.5, 0.6) is 0 Å². The number of fused-ring (bicyclic) bond motifs is 1. The van der Waals surface area contributed by atoms with Crippen molar-refractivity contribution >= 4 is 74.0 Å². The molecule has 9 heteroatoms. The van der Waals surface area contributed by atoms with E-state index in [2.05, 4.69) is 61.7 Å². The van der Waals surface area contributed by atoms with Crippen LogP contribution in [0.15, 0.2) is 52.5 Å². The highest BCUT2D eigenvalue weighted by Crippen LogP contribution is 2.31. The average Bonchev–Trinajstić information content (AvgIpc) is 3.34. The van der Waals surface area contributed by atoms with Crippen LogP contribution in [-0.2, 0) is 11.3 Å². The summed E-state index contributed by atoms with van der Waals surface area (Å²) < 4.78 is 3.11. The number of piperazine rings is 1. The summed E-state index contributed by atoms with van der Waals surface area (Å²) in [5.41, 5.74) is 3.20. The Morgan fingerprint density at radius 1 is 1.16 bits per heavy atom. The van der Waals surface area contributed by atoms with E-state index in [0.717, 1.165) is 56.4 Å². The Morgan fingerprint density at radius 2 is 1.97 bits per heavy atom. The summed E-state index contributed by atoms with van der Waals surface area (Å²) in [5.74, 6) is -0.156. The van der Waals surface area contributed by atoms with Crippen molar-refractivity contribution in [2.24, 2.45) is 4.99 Å². The summed E-state index contributed by atoms with van der Waals surface area (Å²) in [7, 11) is 2.12. The van der Waals surface area contributed by atoms with Crippen LogP contribution in [0, 0.1) is 3.57 Å². The van der Waals surface area contributed by atoms with Crippen molar-refractivity contribution in [3.8, 4) is 0 Å². The lowest BCUT2D eigenvalue weighted by Gasteiger charge is -2.32. The molecule has 32 heavy (non-hydrogen) atoms. The first kappa shape index (κ1) is 21.9. The normalized spacial score (nSPS) is 18.7. The minimum atomic E-state index is -0.156. The molecule has 3 aromatic rings. The van der Waals surface area contributed by atoms with Gasteiger partial charge in [-0.15, -0.1) is 0 Å². The molecule has 2 aromatic carbocycles. The number of halogens is 2. The predicted molar refractivity (Wildman–Crippen MR) is 140 cm³/mol. The number of amides is 1. The van der Waals surface area contributed by atoms with Crippen molar-refractivity contribution in [1.82, 2.24) is 19.6 Å². The first-order valence-corrected chi connectivity index (χ1v) is 12.6. The van der Waals surface area contributed by atoms with Crippen LogP contribution >= 0.6 is 46.0 Å². The molecule has 2 aliphatic heterocycles. The van der Waals surface area contributed by atoms with E-state index < -0.39 is 0 Å². The van der Waals surface area contributed by atoms with E-state index in [1.807, 2.05) is 41.2 Å². The second-order valence-corrected chi connectivity index (χ2v) is 10.6. The third kappa shape index (κ3) is 4.59. The Morgan fingerprint density at radius 3 is 2.75 bits per heavy atom. The van der Waals surface area contributed by atoms with Gasteiger partial charge in [0.1, 0.15) is 0 Å². The van der Waals surface area contributed by atoms with Crippen molar-refractivity contribution in [1.29, 1.82) is 0 Å². The molecule has 0 saturated carbocycles. The molecule has 5 rings (SSSR count). The quantitative estimate of drug-likeness (QED) is 0.338. The van der Waals surface area contributed by atoms with Crippen molar-refractivity contribution < 1.29 is 4.79 Å². The number of amidine groups is 1. The minimum Gasteiger partial charge on any atom is -0.348 e. The molecule has 0 N–H and O–H groups in total. The lowest BCUT2D eigenvalue weighted by Crippen LogP contribution is -2.46. The molecule has 1 saturated heterocycles.